The molecule has 30 heavy (non-hydrogen) atoms. The average Bonchev–Trinajstić information content (AvgIpc) is 3.41. The van der Waals surface area contributed by atoms with E-state index in [4.69, 9.17) is 9.47 Å². The standard InChI is InChI=1S/C20H25N5O3S2/c1-5-16(18(26)22-19-21-11-12-29-19)30-20-24-23-17(25(20)6-2)13(3)28-15-9-7-14(27-4)8-10-15/h7-13,16H,5-6H2,1-4H3,(H,21,22,26). The lowest BCUT2D eigenvalue weighted by molar-refractivity contribution is -0.115. The Morgan fingerprint density at radius 1 is 1.23 bits per heavy atom. The molecule has 160 valence electrons. The van der Waals surface area contributed by atoms with Crippen LogP contribution in [0.3, 0.4) is 0 Å². The monoisotopic (exact) mass is 447 g/mol. The maximum Gasteiger partial charge on any atom is 0.239 e. The highest BCUT2D eigenvalue weighted by Gasteiger charge is 2.25. The first-order valence-electron chi connectivity index (χ1n) is 9.66. The molecule has 1 aromatic carbocycles. The summed E-state index contributed by atoms with van der Waals surface area (Å²) in [4.78, 5) is 16.7. The highest BCUT2D eigenvalue weighted by molar-refractivity contribution is 8.00. The van der Waals surface area contributed by atoms with Crippen molar-refractivity contribution >= 4 is 34.1 Å². The van der Waals surface area contributed by atoms with Crippen molar-refractivity contribution in [3.05, 3.63) is 41.7 Å². The van der Waals surface area contributed by atoms with Crippen LogP contribution in [-0.2, 0) is 11.3 Å². The van der Waals surface area contributed by atoms with Crippen LogP contribution in [0.2, 0.25) is 0 Å². The number of thiazole rings is 1. The molecule has 2 unspecified atom stereocenters. The van der Waals surface area contributed by atoms with Crippen molar-refractivity contribution in [1.29, 1.82) is 0 Å². The zero-order valence-corrected chi connectivity index (χ0v) is 19.0. The van der Waals surface area contributed by atoms with Gasteiger partial charge in [0.05, 0.1) is 12.4 Å². The van der Waals surface area contributed by atoms with Crippen LogP contribution in [0.4, 0.5) is 5.13 Å². The Balaban J connectivity index is 1.70. The Bertz CT molecular complexity index is 944. The van der Waals surface area contributed by atoms with Crippen LogP contribution in [0.25, 0.3) is 0 Å². The van der Waals surface area contributed by atoms with E-state index in [0.29, 0.717) is 29.1 Å². The number of benzene rings is 1. The fourth-order valence-corrected chi connectivity index (χ4v) is 4.37. The van der Waals surface area contributed by atoms with Crippen molar-refractivity contribution in [2.24, 2.45) is 0 Å². The lowest BCUT2D eigenvalue weighted by Crippen LogP contribution is -2.25. The van der Waals surface area contributed by atoms with E-state index in [9.17, 15) is 4.79 Å². The number of rotatable bonds is 10. The largest absolute Gasteiger partial charge is 0.497 e. The SMILES string of the molecule is CCC(Sc1nnc(C(C)Oc2ccc(OC)cc2)n1CC)C(=O)Nc1nccs1. The molecule has 10 heteroatoms. The first-order chi connectivity index (χ1) is 14.5. The van der Waals surface area contributed by atoms with Gasteiger partial charge in [0.15, 0.2) is 22.2 Å². The summed E-state index contributed by atoms with van der Waals surface area (Å²) in [6, 6.07) is 7.41. The van der Waals surface area contributed by atoms with Gasteiger partial charge in [-0.25, -0.2) is 4.98 Å². The van der Waals surface area contributed by atoms with Gasteiger partial charge in [-0.2, -0.15) is 0 Å². The Morgan fingerprint density at radius 3 is 2.57 bits per heavy atom. The molecule has 3 aromatic rings. The van der Waals surface area contributed by atoms with Crippen LogP contribution in [-0.4, -0.2) is 38.0 Å². The molecule has 3 rings (SSSR count). The minimum absolute atomic E-state index is 0.0906. The Hall–Kier alpha value is -2.59. The second-order valence-corrected chi connectivity index (χ2v) is 8.43. The Morgan fingerprint density at radius 2 is 1.97 bits per heavy atom. The quantitative estimate of drug-likeness (QED) is 0.460. The number of anilines is 1. The number of hydrogen-bond acceptors (Lipinski definition) is 8. The molecule has 0 saturated carbocycles. The van der Waals surface area contributed by atoms with E-state index in [-0.39, 0.29) is 17.3 Å². The van der Waals surface area contributed by atoms with Gasteiger partial charge < -0.3 is 19.4 Å². The van der Waals surface area contributed by atoms with Crippen LogP contribution < -0.4 is 14.8 Å². The molecule has 0 aliphatic carbocycles. The molecular formula is C20H25N5O3S2. The molecule has 0 bridgehead atoms. The van der Waals surface area contributed by atoms with Gasteiger partial charge in [0.25, 0.3) is 0 Å². The predicted octanol–water partition coefficient (Wildman–Crippen LogP) is 4.41. The molecular weight excluding hydrogens is 422 g/mol. The maximum atomic E-state index is 12.6. The number of thioether (sulfide) groups is 1. The number of carbonyl (C=O) groups excluding carboxylic acids is 1. The second kappa shape index (κ2) is 10.4. The minimum atomic E-state index is -0.301. The number of ether oxygens (including phenoxy) is 2. The molecule has 2 aromatic heterocycles. The normalized spacial score (nSPS) is 12.9. The zero-order chi connectivity index (χ0) is 21.5. The minimum Gasteiger partial charge on any atom is -0.497 e. The van der Waals surface area contributed by atoms with Crippen molar-refractivity contribution < 1.29 is 14.3 Å². The molecule has 0 radical (unpaired) electrons. The predicted molar refractivity (Wildman–Crippen MR) is 118 cm³/mol. The summed E-state index contributed by atoms with van der Waals surface area (Å²) in [7, 11) is 1.63. The third-order valence-corrected chi connectivity index (χ3v) is 6.40. The van der Waals surface area contributed by atoms with Crippen LogP contribution in [0.15, 0.2) is 41.0 Å². The fraction of sp³-hybridized carbons (Fsp3) is 0.400. The van der Waals surface area contributed by atoms with E-state index in [1.165, 1.54) is 23.1 Å². The Labute approximate surface area is 184 Å². The summed E-state index contributed by atoms with van der Waals surface area (Å²) in [5.41, 5.74) is 0. The smallest absolute Gasteiger partial charge is 0.239 e. The highest BCUT2D eigenvalue weighted by Crippen LogP contribution is 2.29. The number of aromatic nitrogens is 4. The zero-order valence-electron chi connectivity index (χ0n) is 17.4. The molecule has 2 atom stereocenters. The topological polar surface area (TPSA) is 91.2 Å². The van der Waals surface area contributed by atoms with Gasteiger partial charge in [-0.1, -0.05) is 18.7 Å². The van der Waals surface area contributed by atoms with Crippen molar-refractivity contribution in [2.75, 3.05) is 12.4 Å². The van der Waals surface area contributed by atoms with Crippen LogP contribution >= 0.6 is 23.1 Å². The summed E-state index contributed by atoms with van der Waals surface area (Å²) in [5.74, 6) is 2.11. The summed E-state index contributed by atoms with van der Waals surface area (Å²) in [6.07, 6.45) is 2.02. The number of methoxy groups -OCH3 is 1. The molecule has 0 fully saturated rings. The van der Waals surface area contributed by atoms with Gasteiger partial charge >= 0.3 is 0 Å². The van der Waals surface area contributed by atoms with Crippen LogP contribution in [0.1, 0.15) is 39.1 Å². The molecule has 0 spiro atoms. The lowest BCUT2D eigenvalue weighted by Gasteiger charge is -2.17. The molecule has 2 heterocycles. The van der Waals surface area contributed by atoms with E-state index < -0.39 is 0 Å². The van der Waals surface area contributed by atoms with E-state index in [1.54, 1.807) is 13.3 Å². The maximum absolute atomic E-state index is 12.6. The van der Waals surface area contributed by atoms with Crippen molar-refractivity contribution in [2.45, 2.75) is 50.2 Å². The molecule has 0 aliphatic heterocycles. The first-order valence-corrected chi connectivity index (χ1v) is 11.4. The third kappa shape index (κ3) is 5.31. The van der Waals surface area contributed by atoms with Gasteiger partial charge in [-0.05, 0) is 44.5 Å². The van der Waals surface area contributed by atoms with Gasteiger partial charge in [0.1, 0.15) is 11.5 Å². The molecule has 1 amide bonds. The van der Waals surface area contributed by atoms with Crippen LogP contribution in [0, 0.1) is 0 Å². The number of carbonyl (C=O) groups is 1. The van der Waals surface area contributed by atoms with Crippen molar-refractivity contribution in [3.8, 4) is 11.5 Å². The van der Waals surface area contributed by atoms with Crippen molar-refractivity contribution in [3.63, 3.8) is 0 Å². The molecule has 0 saturated heterocycles. The first kappa shape index (κ1) is 22.1. The van der Waals surface area contributed by atoms with E-state index in [0.717, 1.165) is 11.5 Å². The van der Waals surface area contributed by atoms with Gasteiger partial charge in [0.2, 0.25) is 5.91 Å². The van der Waals surface area contributed by atoms with Gasteiger partial charge in [0, 0.05) is 18.1 Å². The third-order valence-electron chi connectivity index (χ3n) is 4.37. The number of nitrogens with one attached hydrogen (secondary N) is 1. The summed E-state index contributed by atoms with van der Waals surface area (Å²) in [5, 5.41) is 14.3. The second-order valence-electron chi connectivity index (χ2n) is 6.36. The summed E-state index contributed by atoms with van der Waals surface area (Å²) < 4.78 is 13.2. The molecule has 8 nitrogen and oxygen atoms in total. The van der Waals surface area contributed by atoms with E-state index in [2.05, 4.69) is 20.5 Å². The van der Waals surface area contributed by atoms with Crippen LogP contribution in [0.5, 0.6) is 11.5 Å². The number of amides is 1. The lowest BCUT2D eigenvalue weighted by atomic mass is 10.3. The van der Waals surface area contributed by atoms with Gasteiger partial charge in [-0.15, -0.1) is 21.5 Å². The Kier molecular flexibility index (Phi) is 7.69. The number of nitrogens with zero attached hydrogens (tertiary/aromatic N) is 4. The highest BCUT2D eigenvalue weighted by atomic mass is 32.2. The molecule has 0 aliphatic rings. The summed E-state index contributed by atoms with van der Waals surface area (Å²) >= 11 is 2.80. The van der Waals surface area contributed by atoms with Crippen molar-refractivity contribution in [1.82, 2.24) is 19.7 Å². The fourth-order valence-electron chi connectivity index (χ4n) is 2.82. The number of hydrogen-bond donors (Lipinski definition) is 1. The average molecular weight is 448 g/mol. The molecule has 1 N–H and O–H groups in total. The van der Waals surface area contributed by atoms with Gasteiger partial charge in [-0.3, -0.25) is 4.79 Å². The summed E-state index contributed by atoms with van der Waals surface area (Å²) in [6.45, 7) is 6.60. The van der Waals surface area contributed by atoms with E-state index >= 15 is 0 Å². The van der Waals surface area contributed by atoms with E-state index in [1.807, 2.05) is 55.0 Å².